The highest BCUT2D eigenvalue weighted by molar-refractivity contribution is 7.99. The summed E-state index contributed by atoms with van der Waals surface area (Å²) in [4.78, 5) is 12.0. The van der Waals surface area contributed by atoms with Gasteiger partial charge in [0.1, 0.15) is 0 Å². The lowest BCUT2D eigenvalue weighted by molar-refractivity contribution is -0.113. The Morgan fingerprint density at radius 3 is 2.76 bits per heavy atom. The van der Waals surface area contributed by atoms with E-state index in [2.05, 4.69) is 5.32 Å². The monoisotopic (exact) mass is 319 g/mol. The van der Waals surface area contributed by atoms with Crippen molar-refractivity contribution in [2.24, 2.45) is 0 Å². The lowest BCUT2D eigenvalue weighted by Crippen LogP contribution is -2.15. The third kappa shape index (κ3) is 5.10. The van der Waals surface area contributed by atoms with Gasteiger partial charge in [-0.25, -0.2) is 0 Å². The zero-order valence-corrected chi connectivity index (χ0v) is 13.7. The molecule has 0 aliphatic carbocycles. The van der Waals surface area contributed by atoms with Gasteiger partial charge in [-0.2, -0.15) is 0 Å². The van der Waals surface area contributed by atoms with Crippen molar-refractivity contribution in [1.82, 2.24) is 0 Å². The van der Waals surface area contributed by atoms with Crippen LogP contribution in [0.1, 0.15) is 16.7 Å². The Balaban J connectivity index is 1.84. The molecule has 0 aromatic heterocycles. The molecule has 2 aromatic rings. The Hall–Kier alpha value is -1.45. The highest BCUT2D eigenvalue weighted by Gasteiger charge is 2.05. The lowest BCUT2D eigenvalue weighted by atomic mass is 10.1. The van der Waals surface area contributed by atoms with E-state index in [4.69, 9.17) is 11.6 Å². The van der Waals surface area contributed by atoms with Crippen LogP contribution in [0.5, 0.6) is 0 Å². The second-order valence-corrected chi connectivity index (χ2v) is 6.41. The highest BCUT2D eigenvalue weighted by Crippen LogP contribution is 2.19. The van der Waals surface area contributed by atoms with Crippen LogP contribution in [-0.4, -0.2) is 11.7 Å². The summed E-state index contributed by atoms with van der Waals surface area (Å²) in [6, 6.07) is 13.8. The molecule has 0 aliphatic rings. The molecule has 1 amide bonds. The number of amides is 1. The Kier molecular flexibility index (Phi) is 5.71. The van der Waals surface area contributed by atoms with E-state index in [9.17, 15) is 4.79 Å². The Labute approximate surface area is 134 Å². The van der Waals surface area contributed by atoms with E-state index >= 15 is 0 Å². The number of benzene rings is 2. The Bertz CT molecular complexity index is 642. The number of hydrogen-bond acceptors (Lipinski definition) is 2. The largest absolute Gasteiger partial charge is 0.325 e. The van der Waals surface area contributed by atoms with Crippen LogP contribution in [0.2, 0.25) is 5.02 Å². The van der Waals surface area contributed by atoms with Crippen molar-refractivity contribution >= 4 is 35.0 Å². The zero-order chi connectivity index (χ0) is 15.2. The number of halogens is 1. The first-order chi connectivity index (χ1) is 10.0. The van der Waals surface area contributed by atoms with E-state index in [0.717, 1.165) is 33.2 Å². The van der Waals surface area contributed by atoms with Gasteiger partial charge in [-0.1, -0.05) is 35.9 Å². The highest BCUT2D eigenvalue weighted by atomic mass is 35.5. The molecule has 4 heteroatoms. The Morgan fingerprint density at radius 2 is 2.00 bits per heavy atom. The standard InChI is InChI=1S/C17H18ClNOS/c1-12-6-7-13(2)16(8-12)19-17(20)11-21-10-14-4-3-5-15(18)9-14/h3-9H,10-11H2,1-2H3,(H,19,20). The fraction of sp³-hybridized carbons (Fsp3) is 0.235. The van der Waals surface area contributed by atoms with Crippen LogP contribution in [0.4, 0.5) is 5.69 Å². The third-order valence-electron chi connectivity index (χ3n) is 3.06. The van der Waals surface area contributed by atoms with Crippen molar-refractivity contribution < 1.29 is 4.79 Å². The predicted molar refractivity (Wildman–Crippen MR) is 92.2 cm³/mol. The Morgan fingerprint density at radius 1 is 1.19 bits per heavy atom. The van der Waals surface area contributed by atoms with E-state index in [-0.39, 0.29) is 5.91 Å². The summed E-state index contributed by atoms with van der Waals surface area (Å²) in [5.41, 5.74) is 4.24. The third-order valence-corrected chi connectivity index (χ3v) is 4.30. The van der Waals surface area contributed by atoms with Gasteiger partial charge in [0.25, 0.3) is 0 Å². The number of aryl methyl sites for hydroxylation is 2. The summed E-state index contributed by atoms with van der Waals surface area (Å²) < 4.78 is 0. The zero-order valence-electron chi connectivity index (χ0n) is 12.2. The summed E-state index contributed by atoms with van der Waals surface area (Å²) in [5.74, 6) is 1.23. The van der Waals surface area contributed by atoms with Crippen LogP contribution in [0.3, 0.4) is 0 Å². The van der Waals surface area contributed by atoms with Gasteiger partial charge in [0.2, 0.25) is 5.91 Å². The summed E-state index contributed by atoms with van der Waals surface area (Å²) in [6.07, 6.45) is 0. The molecule has 0 saturated carbocycles. The minimum absolute atomic E-state index is 0.0238. The van der Waals surface area contributed by atoms with Crippen molar-refractivity contribution in [3.8, 4) is 0 Å². The van der Waals surface area contributed by atoms with Gasteiger partial charge in [-0.05, 0) is 48.7 Å². The van der Waals surface area contributed by atoms with Gasteiger partial charge in [0, 0.05) is 16.5 Å². The van der Waals surface area contributed by atoms with E-state index in [1.807, 2.05) is 56.3 Å². The van der Waals surface area contributed by atoms with Gasteiger partial charge in [0.15, 0.2) is 0 Å². The molecule has 21 heavy (non-hydrogen) atoms. The first-order valence-electron chi connectivity index (χ1n) is 6.74. The van der Waals surface area contributed by atoms with Crippen molar-refractivity contribution in [2.75, 3.05) is 11.1 Å². The molecule has 110 valence electrons. The first kappa shape index (κ1) is 15.9. The van der Waals surface area contributed by atoms with Gasteiger partial charge < -0.3 is 5.32 Å². The summed E-state index contributed by atoms with van der Waals surface area (Å²) in [7, 11) is 0. The number of hydrogen-bond donors (Lipinski definition) is 1. The number of carbonyl (C=O) groups is 1. The average Bonchev–Trinajstić information content (AvgIpc) is 2.43. The minimum Gasteiger partial charge on any atom is -0.325 e. The minimum atomic E-state index is 0.0238. The van der Waals surface area contributed by atoms with Crippen molar-refractivity contribution in [3.05, 3.63) is 64.2 Å². The number of carbonyl (C=O) groups excluding carboxylic acids is 1. The summed E-state index contributed by atoms with van der Waals surface area (Å²) in [6.45, 7) is 4.01. The van der Waals surface area contributed by atoms with Crippen molar-refractivity contribution in [3.63, 3.8) is 0 Å². The maximum absolute atomic E-state index is 12.0. The molecule has 0 fully saturated rings. The number of nitrogens with one attached hydrogen (secondary N) is 1. The van der Waals surface area contributed by atoms with Crippen LogP contribution < -0.4 is 5.32 Å². The van der Waals surface area contributed by atoms with Crippen LogP contribution >= 0.6 is 23.4 Å². The van der Waals surface area contributed by atoms with E-state index in [1.54, 1.807) is 11.8 Å². The van der Waals surface area contributed by atoms with Crippen LogP contribution in [-0.2, 0) is 10.5 Å². The maximum atomic E-state index is 12.0. The molecule has 0 spiro atoms. The van der Waals surface area contributed by atoms with Crippen LogP contribution in [0, 0.1) is 13.8 Å². The number of thioether (sulfide) groups is 1. The number of rotatable bonds is 5. The average molecular weight is 320 g/mol. The van der Waals surface area contributed by atoms with Crippen LogP contribution in [0.25, 0.3) is 0 Å². The SMILES string of the molecule is Cc1ccc(C)c(NC(=O)CSCc2cccc(Cl)c2)c1. The molecular weight excluding hydrogens is 302 g/mol. The molecule has 0 aliphatic heterocycles. The topological polar surface area (TPSA) is 29.1 Å². The van der Waals surface area contributed by atoms with Gasteiger partial charge in [-0.3, -0.25) is 4.79 Å². The maximum Gasteiger partial charge on any atom is 0.234 e. The van der Waals surface area contributed by atoms with Crippen molar-refractivity contribution in [2.45, 2.75) is 19.6 Å². The molecule has 2 nitrogen and oxygen atoms in total. The van der Waals surface area contributed by atoms with Gasteiger partial charge in [-0.15, -0.1) is 11.8 Å². The van der Waals surface area contributed by atoms with E-state index in [0.29, 0.717) is 5.75 Å². The molecule has 0 radical (unpaired) electrons. The van der Waals surface area contributed by atoms with E-state index in [1.165, 1.54) is 0 Å². The van der Waals surface area contributed by atoms with Gasteiger partial charge >= 0.3 is 0 Å². The fourth-order valence-corrected chi connectivity index (χ4v) is 2.93. The lowest BCUT2D eigenvalue weighted by Gasteiger charge is -2.09. The summed E-state index contributed by atoms with van der Waals surface area (Å²) >= 11 is 7.52. The first-order valence-corrected chi connectivity index (χ1v) is 8.27. The van der Waals surface area contributed by atoms with Crippen LogP contribution in [0.15, 0.2) is 42.5 Å². The molecule has 0 atom stereocenters. The molecule has 0 heterocycles. The molecular formula is C17H18ClNOS. The van der Waals surface area contributed by atoms with Crippen molar-refractivity contribution in [1.29, 1.82) is 0 Å². The molecule has 0 unspecified atom stereocenters. The molecule has 1 N–H and O–H groups in total. The number of anilines is 1. The molecule has 2 aromatic carbocycles. The molecule has 2 rings (SSSR count). The second-order valence-electron chi connectivity index (χ2n) is 4.99. The van der Waals surface area contributed by atoms with Gasteiger partial charge in [0.05, 0.1) is 5.75 Å². The smallest absolute Gasteiger partial charge is 0.234 e. The fourth-order valence-electron chi connectivity index (χ4n) is 1.95. The second kappa shape index (κ2) is 7.53. The molecule has 0 saturated heterocycles. The quantitative estimate of drug-likeness (QED) is 0.855. The predicted octanol–water partition coefficient (Wildman–Crippen LogP) is 4.83. The van der Waals surface area contributed by atoms with E-state index < -0.39 is 0 Å². The summed E-state index contributed by atoms with van der Waals surface area (Å²) in [5, 5.41) is 3.69. The molecule has 0 bridgehead atoms. The normalized spacial score (nSPS) is 10.4.